The van der Waals surface area contributed by atoms with Crippen LogP contribution in [0, 0.1) is 13.8 Å². The van der Waals surface area contributed by atoms with E-state index in [2.05, 4.69) is 16.3 Å². The number of amides is 1. The largest absolute Gasteiger partial charge is 0.336 e. The summed E-state index contributed by atoms with van der Waals surface area (Å²) < 4.78 is 2.89. The molecule has 1 aromatic carbocycles. The Morgan fingerprint density at radius 3 is 2.59 bits per heavy atom. The van der Waals surface area contributed by atoms with Crippen molar-refractivity contribution in [1.29, 1.82) is 0 Å². The third-order valence-electron chi connectivity index (χ3n) is 4.85. The molecule has 0 saturated carbocycles. The zero-order valence-electron chi connectivity index (χ0n) is 15.4. The van der Waals surface area contributed by atoms with E-state index in [1.165, 1.54) is 16.3 Å². The predicted molar refractivity (Wildman–Crippen MR) is 101 cm³/mol. The molecule has 0 bridgehead atoms. The molecular weight excluding hydrogens is 342 g/mol. The first-order valence-corrected chi connectivity index (χ1v) is 8.97. The van der Waals surface area contributed by atoms with Gasteiger partial charge in [0.2, 0.25) is 5.91 Å². The Morgan fingerprint density at radius 2 is 1.85 bits per heavy atom. The highest BCUT2D eigenvalue weighted by molar-refractivity contribution is 5.76. The second kappa shape index (κ2) is 6.83. The van der Waals surface area contributed by atoms with Gasteiger partial charge in [-0.2, -0.15) is 5.10 Å². The fourth-order valence-electron chi connectivity index (χ4n) is 3.46. The summed E-state index contributed by atoms with van der Waals surface area (Å²) in [6, 6.07) is 13.1. The van der Waals surface area contributed by atoms with E-state index in [-0.39, 0.29) is 18.0 Å². The Balaban J connectivity index is 1.56. The van der Waals surface area contributed by atoms with E-state index >= 15 is 0 Å². The van der Waals surface area contributed by atoms with Crippen LogP contribution in [0.3, 0.4) is 0 Å². The lowest BCUT2D eigenvalue weighted by atomic mass is 10.00. The minimum absolute atomic E-state index is 0.0753. The first-order valence-electron chi connectivity index (χ1n) is 8.97. The number of fused-ring (bicyclic) bond motifs is 1. The topological polar surface area (TPSA) is 73.0 Å². The van der Waals surface area contributed by atoms with Crippen LogP contribution in [0.4, 0.5) is 0 Å². The molecular formula is C20H21N5O2. The first kappa shape index (κ1) is 17.2. The molecule has 1 aliphatic rings. The third-order valence-corrected chi connectivity index (χ3v) is 4.85. The fourth-order valence-corrected chi connectivity index (χ4v) is 3.46. The summed E-state index contributed by atoms with van der Waals surface area (Å²) in [5.41, 5.74) is 3.93. The van der Waals surface area contributed by atoms with Gasteiger partial charge in [-0.1, -0.05) is 24.3 Å². The van der Waals surface area contributed by atoms with Crippen molar-refractivity contribution in [2.75, 3.05) is 6.54 Å². The number of carbonyl (C=O) groups is 1. The highest BCUT2D eigenvalue weighted by Gasteiger charge is 2.21. The predicted octanol–water partition coefficient (Wildman–Crippen LogP) is 1.63. The van der Waals surface area contributed by atoms with Crippen LogP contribution in [0.5, 0.6) is 0 Å². The lowest BCUT2D eigenvalue weighted by Gasteiger charge is -2.28. The van der Waals surface area contributed by atoms with Gasteiger partial charge in [0.1, 0.15) is 6.54 Å². The second-order valence-electron chi connectivity index (χ2n) is 6.86. The lowest BCUT2D eigenvalue weighted by molar-refractivity contribution is -0.133. The number of hydrogen-bond donors (Lipinski definition) is 0. The summed E-state index contributed by atoms with van der Waals surface area (Å²) in [6.07, 6.45) is 0.829. The zero-order chi connectivity index (χ0) is 19.0. The van der Waals surface area contributed by atoms with Gasteiger partial charge in [-0.15, -0.1) is 5.10 Å². The molecule has 0 saturated heterocycles. The SMILES string of the molecule is Cc1cc(C)n(-c2ccc(=O)n(CC(=O)N3CCc4ccccc4C3)n2)n1. The molecule has 3 heterocycles. The quantitative estimate of drug-likeness (QED) is 0.709. The van der Waals surface area contributed by atoms with Crippen molar-refractivity contribution in [3.8, 4) is 5.82 Å². The maximum absolute atomic E-state index is 12.8. The number of aromatic nitrogens is 4. The molecule has 7 heteroatoms. The minimum Gasteiger partial charge on any atom is -0.336 e. The maximum atomic E-state index is 12.8. The molecule has 138 valence electrons. The minimum atomic E-state index is -0.300. The van der Waals surface area contributed by atoms with Gasteiger partial charge < -0.3 is 4.90 Å². The second-order valence-corrected chi connectivity index (χ2v) is 6.86. The van der Waals surface area contributed by atoms with Crippen LogP contribution < -0.4 is 5.56 Å². The van der Waals surface area contributed by atoms with E-state index in [0.29, 0.717) is 18.9 Å². The van der Waals surface area contributed by atoms with Gasteiger partial charge in [-0.05, 0) is 43.5 Å². The van der Waals surface area contributed by atoms with Crippen LogP contribution in [-0.4, -0.2) is 36.9 Å². The maximum Gasteiger partial charge on any atom is 0.267 e. The van der Waals surface area contributed by atoms with E-state index < -0.39 is 0 Å². The first-order chi connectivity index (χ1) is 13.0. The molecule has 1 amide bonds. The molecule has 0 fully saturated rings. The average molecular weight is 363 g/mol. The van der Waals surface area contributed by atoms with E-state index in [1.54, 1.807) is 15.6 Å². The van der Waals surface area contributed by atoms with Crippen LogP contribution >= 0.6 is 0 Å². The monoisotopic (exact) mass is 363 g/mol. The standard InChI is InChI=1S/C20H21N5O2/c1-14-11-15(2)25(21-14)18-7-8-19(26)24(22-18)13-20(27)23-10-9-16-5-3-4-6-17(16)12-23/h3-8,11H,9-10,12-13H2,1-2H3. The van der Waals surface area contributed by atoms with E-state index in [1.807, 2.05) is 38.1 Å². The summed E-state index contributed by atoms with van der Waals surface area (Å²) in [6.45, 7) is 4.97. The smallest absolute Gasteiger partial charge is 0.267 e. The molecule has 0 unspecified atom stereocenters. The third kappa shape index (κ3) is 3.40. The van der Waals surface area contributed by atoms with Crippen LogP contribution in [0.1, 0.15) is 22.5 Å². The van der Waals surface area contributed by atoms with Crippen molar-refractivity contribution in [1.82, 2.24) is 24.5 Å². The van der Waals surface area contributed by atoms with Gasteiger partial charge in [0, 0.05) is 24.8 Å². The van der Waals surface area contributed by atoms with Gasteiger partial charge in [0.25, 0.3) is 5.56 Å². The zero-order valence-corrected chi connectivity index (χ0v) is 15.4. The molecule has 3 aromatic rings. The summed E-state index contributed by atoms with van der Waals surface area (Å²) in [5, 5.41) is 8.74. The number of carbonyl (C=O) groups excluding carboxylic acids is 1. The molecule has 2 aromatic heterocycles. The number of benzene rings is 1. The van der Waals surface area contributed by atoms with Gasteiger partial charge in [0.05, 0.1) is 5.69 Å². The van der Waals surface area contributed by atoms with Crippen molar-refractivity contribution in [3.63, 3.8) is 0 Å². The summed E-state index contributed by atoms with van der Waals surface area (Å²) in [7, 11) is 0. The molecule has 0 aliphatic carbocycles. The number of hydrogen-bond acceptors (Lipinski definition) is 4. The van der Waals surface area contributed by atoms with Crippen LogP contribution in [0.25, 0.3) is 5.82 Å². The highest BCUT2D eigenvalue weighted by atomic mass is 16.2. The molecule has 1 aliphatic heterocycles. The van der Waals surface area contributed by atoms with Crippen molar-refractivity contribution in [2.24, 2.45) is 0 Å². The summed E-state index contributed by atoms with van der Waals surface area (Å²) >= 11 is 0. The number of nitrogens with zero attached hydrogens (tertiary/aromatic N) is 5. The summed E-state index contributed by atoms with van der Waals surface area (Å²) in [4.78, 5) is 26.7. The van der Waals surface area contributed by atoms with Gasteiger partial charge in [-0.25, -0.2) is 9.36 Å². The Hall–Kier alpha value is -3.22. The van der Waals surface area contributed by atoms with Crippen molar-refractivity contribution in [3.05, 3.63) is 75.3 Å². The fraction of sp³-hybridized carbons (Fsp3) is 0.300. The normalized spacial score (nSPS) is 13.5. The van der Waals surface area contributed by atoms with Crippen LogP contribution in [0.15, 0.2) is 47.3 Å². The molecule has 0 spiro atoms. The van der Waals surface area contributed by atoms with Gasteiger partial charge in [-0.3, -0.25) is 9.59 Å². The van der Waals surface area contributed by atoms with Crippen molar-refractivity contribution >= 4 is 5.91 Å². The Morgan fingerprint density at radius 1 is 1.07 bits per heavy atom. The number of aryl methyl sites for hydroxylation is 2. The molecule has 4 rings (SSSR count). The van der Waals surface area contributed by atoms with Gasteiger partial charge in [0.15, 0.2) is 5.82 Å². The Labute approximate surface area is 156 Å². The van der Waals surface area contributed by atoms with E-state index in [4.69, 9.17) is 0 Å². The van der Waals surface area contributed by atoms with E-state index in [0.717, 1.165) is 23.4 Å². The number of rotatable bonds is 3. The molecule has 0 radical (unpaired) electrons. The highest BCUT2D eigenvalue weighted by Crippen LogP contribution is 2.18. The van der Waals surface area contributed by atoms with Gasteiger partial charge >= 0.3 is 0 Å². The van der Waals surface area contributed by atoms with Crippen LogP contribution in [0.2, 0.25) is 0 Å². The molecule has 0 N–H and O–H groups in total. The van der Waals surface area contributed by atoms with Crippen LogP contribution in [-0.2, 0) is 24.3 Å². The average Bonchev–Trinajstić information content (AvgIpc) is 3.01. The Kier molecular flexibility index (Phi) is 4.35. The van der Waals surface area contributed by atoms with E-state index in [9.17, 15) is 9.59 Å². The molecule has 0 atom stereocenters. The summed E-state index contributed by atoms with van der Waals surface area (Å²) in [5.74, 6) is 0.418. The van der Waals surface area contributed by atoms with Crippen molar-refractivity contribution in [2.45, 2.75) is 33.4 Å². The molecule has 7 nitrogen and oxygen atoms in total. The molecule has 27 heavy (non-hydrogen) atoms. The Bertz CT molecular complexity index is 1070. The lowest BCUT2D eigenvalue weighted by Crippen LogP contribution is -2.40. The van der Waals surface area contributed by atoms with Crippen molar-refractivity contribution < 1.29 is 4.79 Å².